The average molecular weight is 257 g/mol. The van der Waals surface area contributed by atoms with Gasteiger partial charge in [0.15, 0.2) is 0 Å². The number of aliphatic hydroxyl groups is 1. The summed E-state index contributed by atoms with van der Waals surface area (Å²) < 4.78 is 0. The standard InChI is InChI=1S/C15H15NO3/c1-10(17)11-6-2-4-8-13(11)16-15(19)12-7-3-5-9-14(12)18/h2-10,17-18H,1H3,(H,16,19). The van der Waals surface area contributed by atoms with E-state index in [0.717, 1.165) is 0 Å². The summed E-state index contributed by atoms with van der Waals surface area (Å²) in [6.45, 7) is 1.63. The number of benzene rings is 2. The van der Waals surface area contributed by atoms with Gasteiger partial charge in [-0.15, -0.1) is 0 Å². The summed E-state index contributed by atoms with van der Waals surface area (Å²) >= 11 is 0. The Kier molecular flexibility index (Phi) is 3.82. The molecule has 0 saturated carbocycles. The molecule has 1 atom stereocenters. The molecule has 0 heterocycles. The second-order valence-corrected chi connectivity index (χ2v) is 4.23. The Bertz CT molecular complexity index is 593. The van der Waals surface area contributed by atoms with Gasteiger partial charge < -0.3 is 15.5 Å². The molecule has 2 aromatic carbocycles. The third kappa shape index (κ3) is 2.92. The number of aliphatic hydroxyl groups excluding tert-OH is 1. The van der Waals surface area contributed by atoms with Gasteiger partial charge in [0.1, 0.15) is 5.75 Å². The maximum absolute atomic E-state index is 12.1. The third-order valence-corrected chi connectivity index (χ3v) is 2.81. The van der Waals surface area contributed by atoms with Crippen LogP contribution < -0.4 is 5.32 Å². The van der Waals surface area contributed by atoms with Crippen molar-refractivity contribution < 1.29 is 15.0 Å². The van der Waals surface area contributed by atoms with Crippen LogP contribution in [-0.4, -0.2) is 16.1 Å². The molecule has 4 heteroatoms. The number of phenols is 1. The van der Waals surface area contributed by atoms with Gasteiger partial charge in [-0.3, -0.25) is 4.79 Å². The van der Waals surface area contributed by atoms with Gasteiger partial charge in [0, 0.05) is 11.3 Å². The second-order valence-electron chi connectivity index (χ2n) is 4.23. The van der Waals surface area contributed by atoms with E-state index in [1.165, 1.54) is 12.1 Å². The van der Waals surface area contributed by atoms with E-state index in [0.29, 0.717) is 11.3 Å². The number of aromatic hydroxyl groups is 1. The molecule has 0 aliphatic rings. The Labute approximate surface area is 111 Å². The van der Waals surface area contributed by atoms with E-state index in [4.69, 9.17) is 0 Å². The summed E-state index contributed by atoms with van der Waals surface area (Å²) in [5.41, 5.74) is 1.36. The maximum atomic E-state index is 12.1. The molecular formula is C15H15NO3. The van der Waals surface area contributed by atoms with Gasteiger partial charge in [-0.25, -0.2) is 0 Å². The number of carbonyl (C=O) groups is 1. The smallest absolute Gasteiger partial charge is 0.259 e. The minimum absolute atomic E-state index is 0.0745. The van der Waals surface area contributed by atoms with Crippen molar-refractivity contribution in [3.05, 3.63) is 59.7 Å². The first-order valence-electron chi connectivity index (χ1n) is 5.96. The lowest BCUT2D eigenvalue weighted by molar-refractivity contribution is 0.102. The summed E-state index contributed by atoms with van der Waals surface area (Å²) in [5, 5.41) is 22.0. The van der Waals surface area contributed by atoms with Crippen molar-refractivity contribution in [3.8, 4) is 5.75 Å². The SMILES string of the molecule is CC(O)c1ccccc1NC(=O)c1ccccc1O. The molecule has 4 nitrogen and oxygen atoms in total. The van der Waals surface area contributed by atoms with Gasteiger partial charge in [-0.05, 0) is 25.1 Å². The topological polar surface area (TPSA) is 69.6 Å². The molecule has 2 aromatic rings. The third-order valence-electron chi connectivity index (χ3n) is 2.81. The minimum atomic E-state index is -0.680. The number of anilines is 1. The van der Waals surface area contributed by atoms with Crippen molar-refractivity contribution in [2.45, 2.75) is 13.0 Å². The predicted molar refractivity (Wildman–Crippen MR) is 73.1 cm³/mol. The normalized spacial score (nSPS) is 11.9. The molecule has 19 heavy (non-hydrogen) atoms. The van der Waals surface area contributed by atoms with E-state index < -0.39 is 12.0 Å². The summed E-state index contributed by atoms with van der Waals surface area (Å²) in [5.74, 6) is -0.485. The number of carbonyl (C=O) groups excluding carboxylic acids is 1. The van der Waals surface area contributed by atoms with E-state index in [9.17, 15) is 15.0 Å². The predicted octanol–water partition coefficient (Wildman–Crippen LogP) is 2.70. The Morgan fingerprint density at radius 1 is 1.11 bits per heavy atom. The molecule has 2 rings (SSSR count). The quantitative estimate of drug-likeness (QED) is 0.791. The van der Waals surface area contributed by atoms with Crippen LogP contribution in [0.1, 0.15) is 28.9 Å². The molecule has 0 spiro atoms. The monoisotopic (exact) mass is 257 g/mol. The summed E-state index contributed by atoms with van der Waals surface area (Å²) in [7, 11) is 0. The number of rotatable bonds is 3. The molecular weight excluding hydrogens is 242 g/mol. The summed E-state index contributed by atoms with van der Waals surface area (Å²) in [6.07, 6.45) is -0.680. The van der Waals surface area contributed by atoms with Gasteiger partial charge in [-0.1, -0.05) is 30.3 Å². The highest BCUT2D eigenvalue weighted by atomic mass is 16.3. The van der Waals surface area contributed by atoms with Crippen LogP contribution in [0.4, 0.5) is 5.69 Å². The zero-order valence-electron chi connectivity index (χ0n) is 10.5. The van der Waals surface area contributed by atoms with E-state index >= 15 is 0 Å². The van der Waals surface area contributed by atoms with E-state index in [2.05, 4.69) is 5.32 Å². The van der Waals surface area contributed by atoms with E-state index in [-0.39, 0.29) is 11.3 Å². The Balaban J connectivity index is 2.27. The minimum Gasteiger partial charge on any atom is -0.507 e. The fraction of sp³-hybridized carbons (Fsp3) is 0.133. The van der Waals surface area contributed by atoms with Crippen LogP contribution >= 0.6 is 0 Å². The largest absolute Gasteiger partial charge is 0.507 e. The van der Waals surface area contributed by atoms with Gasteiger partial charge >= 0.3 is 0 Å². The number of hydrogen-bond donors (Lipinski definition) is 3. The first-order chi connectivity index (χ1) is 9.09. The summed E-state index contributed by atoms with van der Waals surface area (Å²) in [4.78, 5) is 12.1. The molecule has 0 saturated heterocycles. The number of phenolic OH excluding ortho intramolecular Hbond substituents is 1. The lowest BCUT2D eigenvalue weighted by Crippen LogP contribution is -2.14. The van der Waals surface area contributed by atoms with Crippen LogP contribution in [0, 0.1) is 0 Å². The van der Waals surface area contributed by atoms with Crippen LogP contribution in [0.5, 0.6) is 5.75 Å². The lowest BCUT2D eigenvalue weighted by atomic mass is 10.1. The molecule has 1 amide bonds. The first-order valence-corrected chi connectivity index (χ1v) is 5.96. The maximum Gasteiger partial charge on any atom is 0.259 e. The molecule has 0 fully saturated rings. The van der Waals surface area contributed by atoms with Crippen molar-refractivity contribution >= 4 is 11.6 Å². The van der Waals surface area contributed by atoms with Crippen LogP contribution in [0.25, 0.3) is 0 Å². The van der Waals surface area contributed by atoms with Crippen LogP contribution in [0.3, 0.4) is 0 Å². The van der Waals surface area contributed by atoms with E-state index in [1.807, 2.05) is 0 Å². The van der Waals surface area contributed by atoms with Crippen molar-refractivity contribution in [1.29, 1.82) is 0 Å². The fourth-order valence-corrected chi connectivity index (χ4v) is 1.83. The van der Waals surface area contributed by atoms with Crippen LogP contribution in [0.2, 0.25) is 0 Å². The highest BCUT2D eigenvalue weighted by Crippen LogP contribution is 2.24. The van der Waals surface area contributed by atoms with Crippen molar-refractivity contribution in [2.75, 3.05) is 5.32 Å². The Morgan fingerprint density at radius 3 is 2.42 bits per heavy atom. The molecule has 0 aromatic heterocycles. The zero-order valence-corrected chi connectivity index (χ0v) is 10.5. The van der Waals surface area contributed by atoms with Crippen molar-refractivity contribution in [1.82, 2.24) is 0 Å². The lowest BCUT2D eigenvalue weighted by Gasteiger charge is -2.13. The Morgan fingerprint density at radius 2 is 1.74 bits per heavy atom. The summed E-state index contributed by atoms with van der Waals surface area (Å²) in [6, 6.07) is 13.3. The Hall–Kier alpha value is -2.33. The van der Waals surface area contributed by atoms with Gasteiger partial charge in [-0.2, -0.15) is 0 Å². The first kappa shape index (κ1) is 13.1. The molecule has 0 bridgehead atoms. The zero-order chi connectivity index (χ0) is 13.8. The van der Waals surface area contributed by atoms with Crippen molar-refractivity contribution in [3.63, 3.8) is 0 Å². The molecule has 0 aliphatic carbocycles. The van der Waals surface area contributed by atoms with Crippen molar-refractivity contribution in [2.24, 2.45) is 0 Å². The number of amides is 1. The molecule has 98 valence electrons. The van der Waals surface area contributed by atoms with Gasteiger partial charge in [0.2, 0.25) is 0 Å². The second kappa shape index (κ2) is 5.54. The van der Waals surface area contributed by atoms with Crippen LogP contribution in [-0.2, 0) is 0 Å². The molecule has 0 radical (unpaired) electrons. The average Bonchev–Trinajstić information content (AvgIpc) is 2.39. The molecule has 3 N–H and O–H groups in total. The highest BCUT2D eigenvalue weighted by Gasteiger charge is 2.13. The highest BCUT2D eigenvalue weighted by molar-refractivity contribution is 6.06. The molecule has 1 unspecified atom stereocenters. The van der Waals surface area contributed by atoms with Gasteiger partial charge in [0.25, 0.3) is 5.91 Å². The number of hydrogen-bond acceptors (Lipinski definition) is 3. The molecule has 0 aliphatic heterocycles. The number of nitrogens with one attached hydrogen (secondary N) is 1. The van der Waals surface area contributed by atoms with E-state index in [1.54, 1.807) is 43.3 Å². The number of para-hydroxylation sites is 2. The fourth-order valence-electron chi connectivity index (χ4n) is 1.83. The van der Waals surface area contributed by atoms with Crippen LogP contribution in [0.15, 0.2) is 48.5 Å². The van der Waals surface area contributed by atoms with Gasteiger partial charge in [0.05, 0.1) is 11.7 Å².